The van der Waals surface area contributed by atoms with Crippen LogP contribution in [0.15, 0.2) is 40.8 Å². The van der Waals surface area contributed by atoms with E-state index in [-0.39, 0.29) is 18.1 Å². The third-order valence-electron chi connectivity index (χ3n) is 3.93. The number of nitrogens with two attached hydrogens (primary N) is 1. The molecule has 21 heavy (non-hydrogen) atoms. The zero-order valence-electron chi connectivity index (χ0n) is 13.0. The zero-order chi connectivity index (χ0) is 15.6. The normalized spacial score (nSPS) is 16.0. The van der Waals surface area contributed by atoms with Gasteiger partial charge in [-0.15, -0.1) is 0 Å². The summed E-state index contributed by atoms with van der Waals surface area (Å²) < 4.78 is 5.79. The number of rotatable bonds is 5. The molecule has 0 aliphatic carbocycles. The molecule has 0 fully saturated rings. The molecule has 4 heteroatoms. The first-order chi connectivity index (χ1) is 9.90. The summed E-state index contributed by atoms with van der Waals surface area (Å²) >= 11 is 6.09. The van der Waals surface area contributed by atoms with Crippen molar-refractivity contribution in [2.24, 2.45) is 5.73 Å². The van der Waals surface area contributed by atoms with Crippen molar-refractivity contribution in [3.8, 4) is 0 Å². The number of aryl methyl sites for hydroxylation is 1. The van der Waals surface area contributed by atoms with Gasteiger partial charge >= 0.3 is 0 Å². The molecule has 0 spiro atoms. The van der Waals surface area contributed by atoms with Crippen LogP contribution in [-0.2, 0) is 0 Å². The van der Waals surface area contributed by atoms with E-state index in [2.05, 4.69) is 24.9 Å². The molecule has 0 saturated carbocycles. The van der Waals surface area contributed by atoms with Crippen LogP contribution in [0.25, 0.3) is 0 Å². The number of benzene rings is 1. The number of hydrogen-bond donors (Lipinski definition) is 1. The molecule has 0 radical (unpaired) electrons. The van der Waals surface area contributed by atoms with E-state index in [1.165, 1.54) is 5.56 Å². The molecule has 0 bridgehead atoms. The fourth-order valence-corrected chi connectivity index (χ4v) is 2.88. The van der Waals surface area contributed by atoms with Crippen LogP contribution in [0.4, 0.5) is 0 Å². The van der Waals surface area contributed by atoms with Crippen LogP contribution < -0.4 is 5.73 Å². The summed E-state index contributed by atoms with van der Waals surface area (Å²) in [7, 11) is 2.07. The molecule has 0 saturated heterocycles. The monoisotopic (exact) mass is 306 g/mol. The van der Waals surface area contributed by atoms with Crippen LogP contribution in [0.1, 0.15) is 43.0 Å². The van der Waals surface area contributed by atoms with Gasteiger partial charge in [0.15, 0.2) is 0 Å². The molecule has 2 rings (SSSR count). The first-order valence-corrected chi connectivity index (χ1v) is 7.57. The second-order valence-corrected chi connectivity index (χ2v) is 6.09. The lowest BCUT2D eigenvalue weighted by molar-refractivity contribution is 0.144. The van der Waals surface area contributed by atoms with Gasteiger partial charge in [0.1, 0.15) is 11.5 Å². The van der Waals surface area contributed by atoms with E-state index in [4.69, 9.17) is 21.8 Å². The van der Waals surface area contributed by atoms with Crippen LogP contribution in [0, 0.1) is 6.92 Å². The third kappa shape index (κ3) is 3.67. The highest BCUT2D eigenvalue weighted by molar-refractivity contribution is 6.30. The van der Waals surface area contributed by atoms with E-state index >= 15 is 0 Å². The Bertz CT molecular complexity index is 594. The topological polar surface area (TPSA) is 42.4 Å². The summed E-state index contributed by atoms with van der Waals surface area (Å²) in [5, 5.41) is 0.749. The van der Waals surface area contributed by atoms with E-state index in [1.54, 1.807) is 0 Å². The Morgan fingerprint density at radius 3 is 2.43 bits per heavy atom. The van der Waals surface area contributed by atoms with Crippen molar-refractivity contribution < 1.29 is 4.42 Å². The Labute approximate surface area is 131 Å². The highest BCUT2D eigenvalue weighted by Crippen LogP contribution is 2.32. The minimum Gasteiger partial charge on any atom is -0.465 e. The van der Waals surface area contributed by atoms with E-state index in [1.807, 2.05) is 44.2 Å². The number of hydrogen-bond acceptors (Lipinski definition) is 3. The fourth-order valence-electron chi connectivity index (χ4n) is 2.69. The SMILES string of the molecule is Cc1ccc(C(C(C)N)N(C)C(C)c2cccc(Cl)c2)o1. The Morgan fingerprint density at radius 1 is 1.19 bits per heavy atom. The van der Waals surface area contributed by atoms with E-state index in [0.29, 0.717) is 0 Å². The molecular formula is C17H23ClN2O. The summed E-state index contributed by atoms with van der Waals surface area (Å²) in [4.78, 5) is 2.23. The Balaban J connectivity index is 2.28. The van der Waals surface area contributed by atoms with Crippen LogP contribution in [0.3, 0.4) is 0 Å². The highest BCUT2D eigenvalue weighted by atomic mass is 35.5. The van der Waals surface area contributed by atoms with E-state index < -0.39 is 0 Å². The lowest BCUT2D eigenvalue weighted by Gasteiger charge is -2.34. The smallest absolute Gasteiger partial charge is 0.122 e. The summed E-state index contributed by atoms with van der Waals surface area (Å²) in [6.07, 6.45) is 0. The maximum absolute atomic E-state index is 6.20. The maximum atomic E-state index is 6.20. The Kier molecular flexibility index (Phi) is 5.09. The predicted octanol–water partition coefficient (Wildman–Crippen LogP) is 4.32. The van der Waals surface area contributed by atoms with Crippen LogP contribution in [0.2, 0.25) is 5.02 Å². The van der Waals surface area contributed by atoms with Gasteiger partial charge in [0.2, 0.25) is 0 Å². The van der Waals surface area contributed by atoms with Crippen molar-refractivity contribution in [1.82, 2.24) is 4.90 Å². The quantitative estimate of drug-likeness (QED) is 0.894. The number of halogens is 1. The molecule has 0 aliphatic rings. The standard InChI is InChI=1S/C17H23ClN2O/c1-11-8-9-16(21-11)17(12(2)19)20(4)13(3)14-6-5-7-15(18)10-14/h5-10,12-13,17H,19H2,1-4H3. The van der Waals surface area contributed by atoms with Crippen molar-refractivity contribution in [3.63, 3.8) is 0 Å². The van der Waals surface area contributed by atoms with Gasteiger partial charge in [0.25, 0.3) is 0 Å². The van der Waals surface area contributed by atoms with Crippen LogP contribution >= 0.6 is 11.6 Å². The molecule has 1 heterocycles. The van der Waals surface area contributed by atoms with Crippen molar-refractivity contribution in [3.05, 3.63) is 58.5 Å². The summed E-state index contributed by atoms with van der Waals surface area (Å²) in [6, 6.07) is 12.1. The average Bonchev–Trinajstić information content (AvgIpc) is 2.83. The largest absolute Gasteiger partial charge is 0.465 e. The molecule has 2 aromatic rings. The molecule has 3 unspecified atom stereocenters. The van der Waals surface area contributed by atoms with Crippen molar-refractivity contribution in [2.75, 3.05) is 7.05 Å². The molecule has 2 N–H and O–H groups in total. The number of furan rings is 1. The molecular weight excluding hydrogens is 284 g/mol. The minimum atomic E-state index is -0.0396. The van der Waals surface area contributed by atoms with Gasteiger partial charge in [0, 0.05) is 17.1 Å². The summed E-state index contributed by atoms with van der Waals surface area (Å²) in [5.74, 6) is 1.80. The second kappa shape index (κ2) is 6.65. The first kappa shape index (κ1) is 16.1. The zero-order valence-corrected chi connectivity index (χ0v) is 13.8. The Hall–Kier alpha value is -1.29. The number of likely N-dealkylation sites (N-methyl/N-ethyl adjacent to an activating group) is 1. The van der Waals surface area contributed by atoms with Gasteiger partial charge in [-0.3, -0.25) is 4.90 Å². The lowest BCUT2D eigenvalue weighted by atomic mass is 10.0. The van der Waals surface area contributed by atoms with Gasteiger partial charge in [-0.1, -0.05) is 23.7 Å². The molecule has 1 aromatic heterocycles. The molecule has 0 aliphatic heterocycles. The molecule has 3 atom stereocenters. The van der Waals surface area contributed by atoms with Gasteiger partial charge in [-0.05, 0) is 57.6 Å². The number of nitrogens with zero attached hydrogens (tertiary/aromatic N) is 1. The predicted molar refractivity (Wildman–Crippen MR) is 87.5 cm³/mol. The van der Waals surface area contributed by atoms with Gasteiger partial charge in [-0.2, -0.15) is 0 Å². The first-order valence-electron chi connectivity index (χ1n) is 7.19. The van der Waals surface area contributed by atoms with E-state index in [0.717, 1.165) is 16.5 Å². The van der Waals surface area contributed by atoms with Crippen molar-refractivity contribution in [1.29, 1.82) is 0 Å². The fraction of sp³-hybridized carbons (Fsp3) is 0.412. The van der Waals surface area contributed by atoms with E-state index in [9.17, 15) is 0 Å². The molecule has 3 nitrogen and oxygen atoms in total. The summed E-state index contributed by atoms with van der Waals surface area (Å²) in [5.41, 5.74) is 7.36. The average molecular weight is 307 g/mol. The third-order valence-corrected chi connectivity index (χ3v) is 4.17. The molecule has 0 amide bonds. The van der Waals surface area contributed by atoms with Crippen molar-refractivity contribution >= 4 is 11.6 Å². The summed E-state index contributed by atoms with van der Waals surface area (Å²) in [6.45, 7) is 6.10. The highest BCUT2D eigenvalue weighted by Gasteiger charge is 2.28. The van der Waals surface area contributed by atoms with Crippen LogP contribution in [-0.4, -0.2) is 18.0 Å². The van der Waals surface area contributed by atoms with Gasteiger partial charge in [-0.25, -0.2) is 0 Å². The maximum Gasteiger partial charge on any atom is 0.122 e. The van der Waals surface area contributed by atoms with Crippen LogP contribution in [0.5, 0.6) is 0 Å². The minimum absolute atomic E-state index is 0.0210. The molecule has 114 valence electrons. The van der Waals surface area contributed by atoms with Crippen molar-refractivity contribution in [2.45, 2.75) is 38.9 Å². The van der Waals surface area contributed by atoms with Gasteiger partial charge in [0.05, 0.1) is 6.04 Å². The Morgan fingerprint density at radius 2 is 1.90 bits per heavy atom. The second-order valence-electron chi connectivity index (χ2n) is 5.65. The van der Waals surface area contributed by atoms with Gasteiger partial charge < -0.3 is 10.2 Å². The molecule has 1 aromatic carbocycles. The lowest BCUT2D eigenvalue weighted by Crippen LogP contribution is -2.38.